The minimum atomic E-state index is 0.0221. The Kier molecular flexibility index (Phi) is 3.95. The third-order valence-corrected chi connectivity index (χ3v) is 4.67. The number of rotatable bonds is 4. The fourth-order valence-electron chi connectivity index (χ4n) is 2.52. The van der Waals surface area contributed by atoms with Crippen LogP contribution >= 0.6 is 23.6 Å². The van der Waals surface area contributed by atoms with Crippen molar-refractivity contribution in [1.29, 1.82) is 0 Å². The molecular weight excluding hydrogens is 290 g/mol. The SMILES string of the molecule is OCCN1C(=S)N[C@H](c2ccccn2)[C@@H]1c1cccs1. The van der Waals surface area contributed by atoms with Gasteiger partial charge in [-0.1, -0.05) is 12.1 Å². The van der Waals surface area contributed by atoms with E-state index in [2.05, 4.69) is 21.7 Å². The number of hydrogen-bond donors (Lipinski definition) is 2. The number of β-amino-alcohol motifs (C(OH)–C–C–N with tert-alkyl or cyclic N) is 1. The Labute approximate surface area is 127 Å². The number of thiocarbonyl (C=S) groups is 1. The number of pyridine rings is 1. The van der Waals surface area contributed by atoms with Gasteiger partial charge in [-0.05, 0) is 35.8 Å². The molecule has 0 bridgehead atoms. The van der Waals surface area contributed by atoms with Crippen LogP contribution in [-0.2, 0) is 0 Å². The quantitative estimate of drug-likeness (QED) is 0.847. The number of nitrogens with zero attached hydrogens (tertiary/aromatic N) is 2. The fourth-order valence-corrected chi connectivity index (χ4v) is 3.73. The molecule has 4 nitrogen and oxygen atoms in total. The van der Waals surface area contributed by atoms with E-state index in [0.29, 0.717) is 11.7 Å². The number of aliphatic hydroxyl groups is 1. The summed E-state index contributed by atoms with van der Waals surface area (Å²) in [6.45, 7) is 0.608. The molecule has 3 heterocycles. The molecule has 1 aliphatic heterocycles. The highest BCUT2D eigenvalue weighted by atomic mass is 32.1. The number of aromatic nitrogens is 1. The van der Waals surface area contributed by atoms with Crippen LogP contribution in [0.1, 0.15) is 22.7 Å². The van der Waals surface area contributed by atoms with Gasteiger partial charge in [0.15, 0.2) is 5.11 Å². The van der Waals surface area contributed by atoms with E-state index >= 15 is 0 Å². The molecule has 1 fully saturated rings. The number of nitrogens with one attached hydrogen (secondary N) is 1. The van der Waals surface area contributed by atoms with Crippen LogP contribution in [0.2, 0.25) is 0 Å². The van der Waals surface area contributed by atoms with Gasteiger partial charge in [-0.15, -0.1) is 11.3 Å². The van der Waals surface area contributed by atoms with Crippen molar-refractivity contribution in [3.05, 3.63) is 52.5 Å². The van der Waals surface area contributed by atoms with Gasteiger partial charge in [-0.25, -0.2) is 0 Å². The highest BCUT2D eigenvalue weighted by Crippen LogP contribution is 2.39. The summed E-state index contributed by atoms with van der Waals surface area (Å²) >= 11 is 7.11. The van der Waals surface area contributed by atoms with Gasteiger partial charge in [-0.3, -0.25) is 4.98 Å². The van der Waals surface area contributed by atoms with Gasteiger partial charge in [0.2, 0.25) is 0 Å². The molecule has 20 heavy (non-hydrogen) atoms. The Morgan fingerprint density at radius 1 is 1.35 bits per heavy atom. The van der Waals surface area contributed by atoms with Gasteiger partial charge >= 0.3 is 0 Å². The summed E-state index contributed by atoms with van der Waals surface area (Å²) in [5.41, 5.74) is 0.966. The van der Waals surface area contributed by atoms with Crippen LogP contribution in [0.25, 0.3) is 0 Å². The van der Waals surface area contributed by atoms with Crippen molar-refractivity contribution < 1.29 is 5.11 Å². The lowest BCUT2D eigenvalue weighted by Gasteiger charge is -2.25. The Morgan fingerprint density at radius 2 is 2.25 bits per heavy atom. The highest BCUT2D eigenvalue weighted by Gasteiger charge is 2.39. The van der Waals surface area contributed by atoms with Gasteiger partial charge < -0.3 is 15.3 Å². The lowest BCUT2D eigenvalue weighted by molar-refractivity contribution is 0.224. The van der Waals surface area contributed by atoms with Crippen molar-refractivity contribution in [1.82, 2.24) is 15.2 Å². The first-order chi connectivity index (χ1) is 9.81. The molecule has 1 aliphatic rings. The predicted molar refractivity (Wildman–Crippen MR) is 83.6 cm³/mol. The molecular formula is C14H15N3OS2. The van der Waals surface area contributed by atoms with Gasteiger partial charge in [0.05, 0.1) is 24.4 Å². The molecule has 0 radical (unpaired) electrons. The summed E-state index contributed by atoms with van der Waals surface area (Å²) in [6.07, 6.45) is 1.79. The minimum Gasteiger partial charge on any atom is -0.395 e. The normalized spacial score (nSPS) is 22.1. The summed E-state index contributed by atoms with van der Waals surface area (Å²) in [5, 5.41) is 15.3. The number of aliphatic hydroxyl groups excluding tert-OH is 1. The van der Waals surface area contributed by atoms with Crippen LogP contribution < -0.4 is 5.32 Å². The van der Waals surface area contributed by atoms with Crippen LogP contribution in [0.3, 0.4) is 0 Å². The number of hydrogen-bond acceptors (Lipinski definition) is 4. The molecule has 2 N–H and O–H groups in total. The highest BCUT2D eigenvalue weighted by molar-refractivity contribution is 7.80. The van der Waals surface area contributed by atoms with Crippen LogP contribution in [0, 0.1) is 0 Å². The molecule has 0 spiro atoms. The zero-order valence-corrected chi connectivity index (χ0v) is 12.4. The van der Waals surface area contributed by atoms with E-state index in [0.717, 1.165) is 5.69 Å². The second-order valence-corrected chi connectivity index (χ2v) is 5.92. The van der Waals surface area contributed by atoms with Crippen LogP contribution in [0.4, 0.5) is 0 Å². The minimum absolute atomic E-state index is 0.0221. The first kappa shape index (κ1) is 13.5. The van der Waals surface area contributed by atoms with E-state index < -0.39 is 0 Å². The topological polar surface area (TPSA) is 48.4 Å². The summed E-state index contributed by atoms with van der Waals surface area (Å²) in [4.78, 5) is 7.71. The smallest absolute Gasteiger partial charge is 0.170 e. The van der Waals surface area contributed by atoms with Crippen LogP contribution in [-0.4, -0.2) is 33.3 Å². The summed E-state index contributed by atoms with van der Waals surface area (Å²) in [5.74, 6) is 0. The van der Waals surface area contributed by atoms with Gasteiger partial charge in [-0.2, -0.15) is 0 Å². The van der Waals surface area contributed by atoms with Crippen LogP contribution in [0.5, 0.6) is 0 Å². The Balaban J connectivity index is 1.99. The zero-order valence-electron chi connectivity index (χ0n) is 10.8. The molecule has 0 saturated carbocycles. The Bertz CT molecular complexity index is 573. The third kappa shape index (κ3) is 2.42. The van der Waals surface area contributed by atoms with E-state index in [9.17, 15) is 5.11 Å². The van der Waals surface area contributed by atoms with Gasteiger partial charge in [0, 0.05) is 17.6 Å². The molecule has 104 valence electrons. The second kappa shape index (κ2) is 5.87. The van der Waals surface area contributed by atoms with E-state index in [1.165, 1.54) is 4.88 Å². The Morgan fingerprint density at radius 3 is 2.90 bits per heavy atom. The first-order valence-electron chi connectivity index (χ1n) is 6.43. The van der Waals surface area contributed by atoms with E-state index in [1.54, 1.807) is 17.5 Å². The lowest BCUT2D eigenvalue weighted by Crippen LogP contribution is -2.31. The van der Waals surface area contributed by atoms with Crippen LogP contribution in [0.15, 0.2) is 41.9 Å². The van der Waals surface area contributed by atoms with E-state index in [4.69, 9.17) is 12.2 Å². The lowest BCUT2D eigenvalue weighted by atomic mass is 10.0. The first-order valence-corrected chi connectivity index (χ1v) is 7.72. The largest absolute Gasteiger partial charge is 0.395 e. The van der Waals surface area contributed by atoms with Crippen molar-refractivity contribution >= 4 is 28.7 Å². The van der Waals surface area contributed by atoms with Crippen molar-refractivity contribution in [3.63, 3.8) is 0 Å². The summed E-state index contributed by atoms with van der Waals surface area (Å²) in [6, 6.07) is 10.1. The van der Waals surface area contributed by atoms with Crippen molar-refractivity contribution in [3.8, 4) is 0 Å². The maximum atomic E-state index is 9.28. The monoisotopic (exact) mass is 305 g/mol. The summed E-state index contributed by atoms with van der Waals surface area (Å²) in [7, 11) is 0. The zero-order chi connectivity index (χ0) is 13.9. The predicted octanol–water partition coefficient (Wildman–Crippen LogP) is 2.11. The van der Waals surface area contributed by atoms with E-state index in [-0.39, 0.29) is 18.7 Å². The molecule has 0 aliphatic carbocycles. The second-order valence-electron chi connectivity index (χ2n) is 4.56. The van der Waals surface area contributed by atoms with Gasteiger partial charge in [0.25, 0.3) is 0 Å². The molecule has 1 saturated heterocycles. The maximum absolute atomic E-state index is 9.28. The van der Waals surface area contributed by atoms with E-state index in [1.807, 2.05) is 29.2 Å². The Hall–Kier alpha value is -1.50. The van der Waals surface area contributed by atoms with Crippen molar-refractivity contribution in [2.24, 2.45) is 0 Å². The average molecular weight is 305 g/mol. The fraction of sp³-hybridized carbons (Fsp3) is 0.286. The molecule has 2 aromatic heterocycles. The maximum Gasteiger partial charge on any atom is 0.170 e. The molecule has 0 amide bonds. The number of thiophene rings is 1. The average Bonchev–Trinajstić information content (AvgIpc) is 3.09. The van der Waals surface area contributed by atoms with Gasteiger partial charge in [0.1, 0.15) is 0 Å². The molecule has 0 unspecified atom stereocenters. The molecule has 2 aromatic rings. The molecule has 2 atom stereocenters. The standard InChI is InChI=1S/C14H15N3OS2/c18-8-7-17-13(11-5-3-9-20-11)12(16-14(17)19)10-4-1-2-6-15-10/h1-6,9,12-13,18H,7-8H2,(H,16,19)/t12-,13+/m1/s1. The molecule has 3 rings (SSSR count). The third-order valence-electron chi connectivity index (χ3n) is 3.37. The molecule has 0 aromatic carbocycles. The molecule has 6 heteroatoms. The van der Waals surface area contributed by atoms with Crippen molar-refractivity contribution in [2.45, 2.75) is 12.1 Å². The van der Waals surface area contributed by atoms with Crippen molar-refractivity contribution in [2.75, 3.05) is 13.2 Å². The summed E-state index contributed by atoms with van der Waals surface area (Å²) < 4.78 is 0.